The molecule has 3 aromatic rings. The van der Waals surface area contributed by atoms with Crippen molar-refractivity contribution in [3.8, 4) is 0 Å². The van der Waals surface area contributed by atoms with Crippen LogP contribution in [0.3, 0.4) is 0 Å². The first kappa shape index (κ1) is 26.0. The van der Waals surface area contributed by atoms with Gasteiger partial charge in [-0.25, -0.2) is 0 Å². The normalized spacial score (nSPS) is 12.0. The summed E-state index contributed by atoms with van der Waals surface area (Å²) in [6.07, 6.45) is -1.13. The Bertz CT molecular complexity index is 1100. The number of carbonyl (C=O) groups is 2. The van der Waals surface area contributed by atoms with E-state index in [1.807, 2.05) is 60.7 Å². The molecule has 0 aliphatic heterocycles. The highest BCUT2D eigenvalue weighted by atomic mass is 35.6. The molecule has 1 atom stereocenters. The minimum absolute atomic E-state index is 0.0439. The summed E-state index contributed by atoms with van der Waals surface area (Å²) in [7, 11) is 0. The summed E-state index contributed by atoms with van der Waals surface area (Å²) in [5.74, 6) is -1.04. The minimum Gasteiger partial charge on any atom is -0.339 e. The fourth-order valence-electron chi connectivity index (χ4n) is 3.30. The molecular weight excluding hydrogens is 513 g/mol. The van der Waals surface area contributed by atoms with Gasteiger partial charge in [-0.15, -0.1) is 0 Å². The third-order valence-corrected chi connectivity index (χ3v) is 5.84. The van der Waals surface area contributed by atoms with Crippen LogP contribution in [0.5, 0.6) is 0 Å². The van der Waals surface area contributed by atoms with E-state index < -0.39 is 15.9 Å². The summed E-state index contributed by atoms with van der Waals surface area (Å²) in [6, 6.07) is 25.4. The van der Waals surface area contributed by atoms with Crippen molar-refractivity contribution in [1.82, 2.24) is 10.6 Å². The third-order valence-electron chi connectivity index (χ3n) is 4.97. The van der Waals surface area contributed by atoms with E-state index in [9.17, 15) is 9.59 Å². The average Bonchev–Trinajstić information content (AvgIpc) is 2.80. The summed E-state index contributed by atoms with van der Waals surface area (Å²) < 4.78 is -1.90. The Morgan fingerprint density at radius 3 is 1.74 bits per heavy atom. The average molecular weight is 535 g/mol. The summed E-state index contributed by atoms with van der Waals surface area (Å²) >= 11 is 23.9. The van der Waals surface area contributed by atoms with Crippen LogP contribution in [0.2, 0.25) is 0 Å². The van der Waals surface area contributed by atoms with Crippen molar-refractivity contribution < 1.29 is 9.59 Å². The van der Waals surface area contributed by atoms with Crippen molar-refractivity contribution >= 4 is 69.5 Å². The Hall–Kier alpha value is -2.64. The topological polar surface area (TPSA) is 70.2 Å². The number of amides is 1. The Kier molecular flexibility index (Phi) is 8.91. The smallest absolute Gasteiger partial charge is 0.233 e. The molecule has 0 bridgehead atoms. The van der Waals surface area contributed by atoms with E-state index in [1.54, 1.807) is 24.3 Å². The second-order valence-electron chi connectivity index (χ2n) is 7.47. The lowest BCUT2D eigenvalue weighted by atomic mass is 9.90. The van der Waals surface area contributed by atoms with Gasteiger partial charge in [0.15, 0.2) is 10.9 Å². The van der Waals surface area contributed by atoms with Crippen LogP contribution in [-0.4, -0.2) is 26.8 Å². The zero-order valence-electron chi connectivity index (χ0n) is 18.1. The molecule has 0 unspecified atom stereocenters. The molecule has 0 aliphatic rings. The highest BCUT2D eigenvalue weighted by molar-refractivity contribution is 7.80. The zero-order valence-corrected chi connectivity index (χ0v) is 21.2. The first-order valence-electron chi connectivity index (χ1n) is 10.3. The SMILES string of the molecule is CC(=O)c1ccc(NC(=S)N[C@H](NC(=O)C(c2ccccc2)c2ccccc2)C(Cl)(Cl)Cl)cc1. The summed E-state index contributed by atoms with van der Waals surface area (Å²) in [5, 5.41) is 8.72. The predicted octanol–water partition coefficient (Wildman–Crippen LogP) is 5.82. The van der Waals surface area contributed by atoms with Crippen LogP contribution >= 0.6 is 47.0 Å². The van der Waals surface area contributed by atoms with Crippen molar-refractivity contribution in [2.24, 2.45) is 0 Å². The fourth-order valence-corrected chi connectivity index (χ4v) is 3.86. The van der Waals surface area contributed by atoms with Crippen LogP contribution in [0.15, 0.2) is 84.9 Å². The van der Waals surface area contributed by atoms with Crippen LogP contribution in [0.4, 0.5) is 5.69 Å². The van der Waals surface area contributed by atoms with Gasteiger partial charge in [0.1, 0.15) is 6.17 Å². The quantitative estimate of drug-likeness (QED) is 0.154. The number of anilines is 1. The molecule has 3 N–H and O–H groups in total. The zero-order chi connectivity index (χ0) is 24.7. The minimum atomic E-state index is -1.90. The molecule has 0 spiro atoms. The first-order valence-corrected chi connectivity index (χ1v) is 11.8. The maximum absolute atomic E-state index is 13.4. The molecule has 5 nitrogen and oxygen atoms in total. The Labute approximate surface area is 218 Å². The van der Waals surface area contributed by atoms with Gasteiger partial charge in [-0.3, -0.25) is 9.59 Å². The number of Topliss-reactive ketones (excluding diaryl/α,β-unsaturated/α-hetero) is 1. The maximum Gasteiger partial charge on any atom is 0.233 e. The largest absolute Gasteiger partial charge is 0.339 e. The van der Waals surface area contributed by atoms with E-state index in [2.05, 4.69) is 16.0 Å². The lowest BCUT2D eigenvalue weighted by Crippen LogP contribution is -2.57. The molecule has 0 heterocycles. The van der Waals surface area contributed by atoms with Gasteiger partial charge in [0.05, 0.1) is 5.92 Å². The Morgan fingerprint density at radius 2 is 1.29 bits per heavy atom. The van der Waals surface area contributed by atoms with Crippen molar-refractivity contribution in [3.05, 3.63) is 102 Å². The van der Waals surface area contributed by atoms with Crippen LogP contribution in [0, 0.1) is 0 Å². The molecular formula is C25H22Cl3N3O2S. The fraction of sp³-hybridized carbons (Fsp3) is 0.160. The van der Waals surface area contributed by atoms with Gasteiger partial charge in [0.25, 0.3) is 0 Å². The standard InChI is InChI=1S/C25H22Cl3N3O2S/c1-16(32)17-12-14-20(15-13-17)29-24(34)31-23(25(26,27)28)30-22(33)21(18-8-4-2-5-9-18)19-10-6-3-7-11-19/h2-15,21,23H,1H3,(H,30,33)(H2,29,31,34)/t23-/m0/s1. The number of benzene rings is 3. The van der Waals surface area contributed by atoms with Crippen molar-refractivity contribution in [1.29, 1.82) is 0 Å². The van der Waals surface area contributed by atoms with Crippen LogP contribution in [0.25, 0.3) is 0 Å². The molecule has 0 aliphatic carbocycles. The van der Waals surface area contributed by atoms with Gasteiger partial charge in [-0.2, -0.15) is 0 Å². The highest BCUT2D eigenvalue weighted by Crippen LogP contribution is 2.31. The van der Waals surface area contributed by atoms with E-state index in [-0.39, 0.29) is 16.8 Å². The van der Waals surface area contributed by atoms with Gasteiger partial charge in [-0.05, 0) is 54.5 Å². The summed E-state index contributed by atoms with van der Waals surface area (Å²) in [5.41, 5.74) is 2.79. The molecule has 0 saturated carbocycles. The van der Waals surface area contributed by atoms with Crippen molar-refractivity contribution in [2.75, 3.05) is 5.32 Å². The number of hydrogen-bond acceptors (Lipinski definition) is 3. The van der Waals surface area contributed by atoms with E-state index in [0.29, 0.717) is 11.3 Å². The van der Waals surface area contributed by atoms with Crippen molar-refractivity contribution in [2.45, 2.75) is 22.8 Å². The van der Waals surface area contributed by atoms with Gasteiger partial charge < -0.3 is 16.0 Å². The summed E-state index contributed by atoms with van der Waals surface area (Å²) in [6.45, 7) is 1.49. The predicted molar refractivity (Wildman–Crippen MR) is 143 cm³/mol. The van der Waals surface area contributed by atoms with E-state index in [0.717, 1.165) is 11.1 Å². The molecule has 0 radical (unpaired) electrons. The van der Waals surface area contributed by atoms with E-state index in [4.69, 9.17) is 47.0 Å². The maximum atomic E-state index is 13.4. The second-order valence-corrected chi connectivity index (χ2v) is 10.2. The summed E-state index contributed by atoms with van der Waals surface area (Å²) in [4.78, 5) is 24.9. The number of halogens is 3. The van der Waals surface area contributed by atoms with Gasteiger partial charge in [0, 0.05) is 11.3 Å². The number of ketones is 1. The van der Waals surface area contributed by atoms with Crippen LogP contribution < -0.4 is 16.0 Å². The van der Waals surface area contributed by atoms with Crippen LogP contribution in [-0.2, 0) is 4.79 Å². The molecule has 0 fully saturated rings. The number of carbonyl (C=O) groups excluding carboxylic acids is 2. The monoisotopic (exact) mass is 533 g/mol. The number of hydrogen-bond donors (Lipinski definition) is 3. The molecule has 0 aromatic heterocycles. The van der Waals surface area contributed by atoms with Crippen molar-refractivity contribution in [3.63, 3.8) is 0 Å². The number of rotatable bonds is 7. The van der Waals surface area contributed by atoms with Gasteiger partial charge in [-0.1, -0.05) is 95.5 Å². The van der Waals surface area contributed by atoms with E-state index in [1.165, 1.54) is 6.92 Å². The molecule has 34 heavy (non-hydrogen) atoms. The lowest BCUT2D eigenvalue weighted by molar-refractivity contribution is -0.122. The van der Waals surface area contributed by atoms with Gasteiger partial charge >= 0.3 is 0 Å². The number of nitrogens with one attached hydrogen (secondary N) is 3. The Balaban J connectivity index is 1.77. The molecule has 9 heteroatoms. The number of thiocarbonyl (C=S) groups is 1. The highest BCUT2D eigenvalue weighted by Gasteiger charge is 2.36. The van der Waals surface area contributed by atoms with E-state index >= 15 is 0 Å². The second kappa shape index (κ2) is 11.7. The van der Waals surface area contributed by atoms with Crippen LogP contribution in [0.1, 0.15) is 34.3 Å². The number of alkyl halides is 3. The first-order chi connectivity index (χ1) is 16.1. The lowest BCUT2D eigenvalue weighted by Gasteiger charge is -2.29. The molecule has 3 rings (SSSR count). The Morgan fingerprint density at radius 1 is 0.794 bits per heavy atom. The third kappa shape index (κ3) is 7.18. The molecule has 0 saturated heterocycles. The molecule has 3 aromatic carbocycles. The van der Waals surface area contributed by atoms with Gasteiger partial charge in [0.2, 0.25) is 9.70 Å². The molecule has 176 valence electrons. The molecule has 1 amide bonds.